The van der Waals surface area contributed by atoms with Gasteiger partial charge in [0.05, 0.1) is 0 Å². The first kappa shape index (κ1) is 15.0. The van der Waals surface area contributed by atoms with Crippen LogP contribution in [0.4, 0.5) is 4.79 Å². The van der Waals surface area contributed by atoms with Gasteiger partial charge in [0.1, 0.15) is 6.73 Å². The number of rotatable bonds is 9. The number of hydrogen-bond donors (Lipinski definition) is 3. The fourth-order valence-corrected chi connectivity index (χ4v) is 1.42. The lowest BCUT2D eigenvalue weighted by Gasteiger charge is -2.04. The van der Waals surface area contributed by atoms with Crippen LogP contribution in [-0.2, 0) is 0 Å². The summed E-state index contributed by atoms with van der Waals surface area (Å²) < 4.78 is 0. The van der Waals surface area contributed by atoms with Crippen molar-refractivity contribution in [2.75, 3.05) is 13.3 Å². The molecule has 0 bridgehead atoms. The molecule has 16 heavy (non-hydrogen) atoms. The molecule has 0 unspecified atom stereocenters. The highest BCUT2D eigenvalue weighted by Crippen LogP contribution is 2.05. The van der Waals surface area contributed by atoms with Crippen LogP contribution >= 0.6 is 0 Å². The molecule has 0 aliphatic carbocycles. The second-order valence-corrected chi connectivity index (χ2v) is 3.72. The average molecular weight is 228 g/mol. The Labute approximate surface area is 98.1 Å². The molecule has 0 aliphatic rings. The van der Waals surface area contributed by atoms with Gasteiger partial charge in [-0.2, -0.15) is 0 Å². The summed E-state index contributed by atoms with van der Waals surface area (Å²) >= 11 is 0. The fourth-order valence-electron chi connectivity index (χ4n) is 1.42. The Morgan fingerprint density at radius 1 is 1.12 bits per heavy atom. The largest absolute Gasteiger partial charge is 0.376 e. The maximum absolute atomic E-state index is 10.9. The van der Waals surface area contributed by atoms with Gasteiger partial charge >= 0.3 is 6.03 Å². The van der Waals surface area contributed by atoms with E-state index in [9.17, 15) is 4.79 Å². The molecule has 0 rings (SSSR count). The van der Waals surface area contributed by atoms with E-state index in [1.165, 1.54) is 25.7 Å². The number of allylic oxidation sites excluding steroid dienone is 2. The molecule has 4 nitrogen and oxygen atoms in total. The summed E-state index contributed by atoms with van der Waals surface area (Å²) in [6, 6.07) is -0.296. The highest BCUT2D eigenvalue weighted by Gasteiger charge is 1.96. The molecule has 0 radical (unpaired) electrons. The van der Waals surface area contributed by atoms with Gasteiger partial charge in [-0.3, -0.25) is 0 Å². The Balaban J connectivity index is 3.06. The van der Waals surface area contributed by atoms with Crippen molar-refractivity contribution < 1.29 is 9.90 Å². The summed E-state index contributed by atoms with van der Waals surface area (Å²) in [5.74, 6) is 0. The first-order valence-corrected chi connectivity index (χ1v) is 6.05. The summed E-state index contributed by atoms with van der Waals surface area (Å²) in [7, 11) is 0. The number of unbranched alkanes of at least 4 members (excludes halogenated alkanes) is 5. The Morgan fingerprint density at radius 2 is 1.81 bits per heavy atom. The van der Waals surface area contributed by atoms with Crippen LogP contribution in [0, 0.1) is 0 Å². The van der Waals surface area contributed by atoms with E-state index in [0.717, 1.165) is 12.8 Å². The number of aliphatic hydroxyl groups is 1. The van der Waals surface area contributed by atoms with Gasteiger partial charge in [-0.25, -0.2) is 4.79 Å². The molecule has 4 heteroatoms. The predicted octanol–water partition coefficient (Wildman–Crippen LogP) is 2.15. The lowest BCUT2D eigenvalue weighted by molar-refractivity contribution is 0.217. The minimum absolute atomic E-state index is 0.296. The SMILES string of the molecule is C/C=C/CCCCCCCNC(=O)NCO. The zero-order valence-corrected chi connectivity index (χ0v) is 10.2. The minimum Gasteiger partial charge on any atom is -0.376 e. The first-order chi connectivity index (χ1) is 7.81. The van der Waals surface area contributed by atoms with Crippen LogP contribution in [0.2, 0.25) is 0 Å². The smallest absolute Gasteiger partial charge is 0.316 e. The van der Waals surface area contributed by atoms with Gasteiger partial charge in [-0.15, -0.1) is 0 Å². The Kier molecular flexibility index (Phi) is 11.3. The molecular formula is C12H24N2O2. The van der Waals surface area contributed by atoms with Crippen molar-refractivity contribution in [3.05, 3.63) is 12.2 Å². The van der Waals surface area contributed by atoms with Crippen LogP contribution in [0.5, 0.6) is 0 Å². The second kappa shape index (κ2) is 12.0. The maximum atomic E-state index is 10.9. The van der Waals surface area contributed by atoms with E-state index in [2.05, 4.69) is 22.8 Å². The summed E-state index contributed by atoms with van der Waals surface area (Å²) in [6.07, 6.45) is 11.3. The monoisotopic (exact) mass is 228 g/mol. The van der Waals surface area contributed by atoms with E-state index in [0.29, 0.717) is 6.54 Å². The van der Waals surface area contributed by atoms with Gasteiger partial charge in [0.2, 0.25) is 0 Å². The van der Waals surface area contributed by atoms with Crippen molar-refractivity contribution in [2.24, 2.45) is 0 Å². The van der Waals surface area contributed by atoms with E-state index in [1.54, 1.807) is 0 Å². The van der Waals surface area contributed by atoms with Crippen molar-refractivity contribution in [3.8, 4) is 0 Å². The predicted molar refractivity (Wildman–Crippen MR) is 66.1 cm³/mol. The standard InChI is InChI=1S/C12H24N2O2/c1-2-3-4-5-6-7-8-9-10-13-12(16)14-11-15/h2-3,15H,4-11H2,1H3,(H2,13,14,16)/b3-2+. The molecule has 0 spiro atoms. The number of nitrogens with one attached hydrogen (secondary N) is 2. The number of carbonyl (C=O) groups excluding carboxylic acids is 1. The van der Waals surface area contributed by atoms with Gasteiger partial charge < -0.3 is 15.7 Å². The van der Waals surface area contributed by atoms with E-state index >= 15 is 0 Å². The van der Waals surface area contributed by atoms with Crippen LogP contribution in [0.25, 0.3) is 0 Å². The Hall–Kier alpha value is -1.03. The topological polar surface area (TPSA) is 61.4 Å². The normalized spacial score (nSPS) is 10.6. The molecule has 2 amide bonds. The van der Waals surface area contributed by atoms with Crippen LogP contribution in [0.15, 0.2) is 12.2 Å². The summed E-state index contributed by atoms with van der Waals surface area (Å²) in [4.78, 5) is 10.9. The highest BCUT2D eigenvalue weighted by atomic mass is 16.3. The molecule has 94 valence electrons. The Morgan fingerprint density at radius 3 is 2.50 bits per heavy atom. The molecular weight excluding hydrogens is 204 g/mol. The number of amides is 2. The molecule has 0 aromatic heterocycles. The van der Waals surface area contributed by atoms with E-state index in [1.807, 2.05) is 6.92 Å². The van der Waals surface area contributed by atoms with Crippen LogP contribution < -0.4 is 10.6 Å². The molecule has 0 aromatic rings. The molecule has 0 saturated carbocycles. The van der Waals surface area contributed by atoms with Gasteiger partial charge in [0.15, 0.2) is 0 Å². The number of aliphatic hydroxyl groups excluding tert-OH is 1. The summed E-state index contributed by atoms with van der Waals surface area (Å²) in [5, 5.41) is 13.3. The molecule has 3 N–H and O–H groups in total. The summed E-state index contributed by atoms with van der Waals surface area (Å²) in [5.41, 5.74) is 0. The maximum Gasteiger partial charge on any atom is 0.316 e. The number of carbonyl (C=O) groups is 1. The minimum atomic E-state index is -0.309. The Bertz CT molecular complexity index is 193. The third-order valence-electron chi connectivity index (χ3n) is 2.31. The van der Waals surface area contributed by atoms with Crippen molar-refractivity contribution in [1.82, 2.24) is 10.6 Å². The molecule has 0 aliphatic heterocycles. The average Bonchev–Trinajstić information content (AvgIpc) is 2.27. The molecule has 0 heterocycles. The highest BCUT2D eigenvalue weighted by molar-refractivity contribution is 5.73. The second-order valence-electron chi connectivity index (χ2n) is 3.72. The quantitative estimate of drug-likeness (QED) is 0.322. The molecule has 0 atom stereocenters. The van der Waals surface area contributed by atoms with Crippen molar-refractivity contribution in [1.29, 1.82) is 0 Å². The number of hydrogen-bond acceptors (Lipinski definition) is 2. The molecule has 0 aromatic carbocycles. The van der Waals surface area contributed by atoms with Crippen molar-refractivity contribution >= 4 is 6.03 Å². The fraction of sp³-hybridized carbons (Fsp3) is 0.750. The van der Waals surface area contributed by atoms with Crippen LogP contribution in [-0.4, -0.2) is 24.4 Å². The van der Waals surface area contributed by atoms with Crippen molar-refractivity contribution in [2.45, 2.75) is 45.4 Å². The molecule has 0 fully saturated rings. The van der Waals surface area contributed by atoms with Gasteiger partial charge in [0, 0.05) is 6.54 Å². The third kappa shape index (κ3) is 11.0. The molecule has 0 saturated heterocycles. The zero-order valence-electron chi connectivity index (χ0n) is 10.2. The first-order valence-electron chi connectivity index (χ1n) is 6.05. The van der Waals surface area contributed by atoms with Crippen LogP contribution in [0.1, 0.15) is 45.4 Å². The van der Waals surface area contributed by atoms with Gasteiger partial charge in [0.25, 0.3) is 0 Å². The summed E-state index contributed by atoms with van der Waals surface area (Å²) in [6.45, 7) is 2.42. The van der Waals surface area contributed by atoms with E-state index in [-0.39, 0.29) is 12.8 Å². The lowest BCUT2D eigenvalue weighted by Crippen LogP contribution is -2.36. The lowest BCUT2D eigenvalue weighted by atomic mass is 10.1. The third-order valence-corrected chi connectivity index (χ3v) is 2.31. The van der Waals surface area contributed by atoms with E-state index < -0.39 is 0 Å². The van der Waals surface area contributed by atoms with Gasteiger partial charge in [-0.1, -0.05) is 31.4 Å². The van der Waals surface area contributed by atoms with Crippen LogP contribution in [0.3, 0.4) is 0 Å². The number of urea groups is 1. The zero-order chi connectivity index (χ0) is 12.1. The van der Waals surface area contributed by atoms with Crippen molar-refractivity contribution in [3.63, 3.8) is 0 Å². The van der Waals surface area contributed by atoms with E-state index in [4.69, 9.17) is 5.11 Å². The van der Waals surface area contributed by atoms with Gasteiger partial charge in [-0.05, 0) is 26.2 Å².